The van der Waals surface area contributed by atoms with Gasteiger partial charge in [0, 0.05) is 30.1 Å². The quantitative estimate of drug-likeness (QED) is 0.849. The van der Waals surface area contributed by atoms with Gasteiger partial charge in [-0.3, -0.25) is 4.79 Å². The van der Waals surface area contributed by atoms with E-state index in [2.05, 4.69) is 10.2 Å². The monoisotopic (exact) mass is 308 g/mol. The van der Waals surface area contributed by atoms with E-state index in [0.717, 1.165) is 32.0 Å². The minimum absolute atomic E-state index is 0.00752. The molecule has 2 fully saturated rings. The van der Waals surface area contributed by atoms with Gasteiger partial charge in [0.1, 0.15) is 5.82 Å². The Bertz CT molecular complexity index is 499. The molecule has 2 aliphatic rings. The lowest BCUT2D eigenvalue weighted by molar-refractivity contribution is -0.119. The Morgan fingerprint density at radius 1 is 1.24 bits per heavy atom. The summed E-state index contributed by atoms with van der Waals surface area (Å²) in [5.74, 6) is 0.0326. The molecule has 1 aliphatic carbocycles. The Balaban J connectivity index is 1.39. The number of thioether (sulfide) groups is 1. The molecule has 1 heterocycles. The van der Waals surface area contributed by atoms with Crippen LogP contribution in [0.1, 0.15) is 25.7 Å². The molecule has 3 nitrogen and oxygen atoms in total. The van der Waals surface area contributed by atoms with Crippen molar-refractivity contribution in [1.29, 1.82) is 0 Å². The summed E-state index contributed by atoms with van der Waals surface area (Å²) in [6.45, 7) is 2.19. The Morgan fingerprint density at radius 3 is 2.62 bits per heavy atom. The molecular weight excluding hydrogens is 287 g/mol. The smallest absolute Gasteiger partial charge is 0.230 e. The highest BCUT2D eigenvalue weighted by molar-refractivity contribution is 8.00. The number of nitrogens with zero attached hydrogens (tertiary/aromatic N) is 1. The minimum atomic E-state index is -0.256. The second-order valence-electron chi connectivity index (χ2n) is 5.83. The Hall–Kier alpha value is -1.07. The SMILES string of the molecule is O=C(CSc1ccccc1F)NC1CCN(C2CC2)CC1. The predicted molar refractivity (Wildman–Crippen MR) is 82.9 cm³/mol. The number of hydrogen-bond donors (Lipinski definition) is 1. The topological polar surface area (TPSA) is 32.3 Å². The fourth-order valence-electron chi connectivity index (χ4n) is 2.82. The van der Waals surface area contributed by atoms with Gasteiger partial charge in [-0.1, -0.05) is 12.1 Å². The van der Waals surface area contributed by atoms with Crippen LogP contribution < -0.4 is 5.32 Å². The number of amides is 1. The van der Waals surface area contributed by atoms with Gasteiger partial charge in [0.15, 0.2) is 0 Å². The molecule has 1 saturated heterocycles. The van der Waals surface area contributed by atoms with E-state index in [0.29, 0.717) is 4.90 Å². The van der Waals surface area contributed by atoms with E-state index in [4.69, 9.17) is 0 Å². The summed E-state index contributed by atoms with van der Waals surface area (Å²) >= 11 is 1.26. The van der Waals surface area contributed by atoms with E-state index in [1.807, 2.05) is 0 Å². The second kappa shape index (κ2) is 6.79. The first-order valence-corrected chi connectivity index (χ1v) is 8.61. The number of nitrogens with one attached hydrogen (secondary N) is 1. The molecule has 114 valence electrons. The number of carbonyl (C=O) groups excluding carboxylic acids is 1. The zero-order valence-corrected chi connectivity index (χ0v) is 12.9. The molecule has 5 heteroatoms. The van der Waals surface area contributed by atoms with Gasteiger partial charge in [-0.15, -0.1) is 11.8 Å². The molecule has 3 rings (SSSR count). The molecule has 0 atom stereocenters. The van der Waals surface area contributed by atoms with E-state index < -0.39 is 0 Å². The van der Waals surface area contributed by atoms with Crippen molar-refractivity contribution in [2.24, 2.45) is 0 Å². The van der Waals surface area contributed by atoms with Crippen molar-refractivity contribution in [2.75, 3.05) is 18.8 Å². The Kier molecular flexibility index (Phi) is 4.80. The second-order valence-corrected chi connectivity index (χ2v) is 6.85. The third-order valence-corrected chi connectivity index (χ3v) is 5.20. The molecule has 21 heavy (non-hydrogen) atoms. The fraction of sp³-hybridized carbons (Fsp3) is 0.562. The first-order chi connectivity index (χ1) is 10.2. The van der Waals surface area contributed by atoms with Gasteiger partial charge in [-0.25, -0.2) is 4.39 Å². The van der Waals surface area contributed by atoms with E-state index in [1.165, 1.54) is 30.7 Å². The third kappa shape index (κ3) is 4.20. The van der Waals surface area contributed by atoms with Crippen LogP contribution in [0, 0.1) is 5.82 Å². The fourth-order valence-corrected chi connectivity index (χ4v) is 3.57. The van der Waals surface area contributed by atoms with Gasteiger partial charge in [0.2, 0.25) is 5.91 Å². The number of benzene rings is 1. The highest BCUT2D eigenvalue weighted by Gasteiger charge is 2.32. The molecule has 0 unspecified atom stereocenters. The maximum absolute atomic E-state index is 13.5. The van der Waals surface area contributed by atoms with Crippen molar-refractivity contribution < 1.29 is 9.18 Å². The zero-order chi connectivity index (χ0) is 14.7. The van der Waals surface area contributed by atoms with Crippen LogP contribution in [0.5, 0.6) is 0 Å². The van der Waals surface area contributed by atoms with Crippen molar-refractivity contribution >= 4 is 17.7 Å². The van der Waals surface area contributed by atoms with Crippen LogP contribution in [0.3, 0.4) is 0 Å². The summed E-state index contributed by atoms with van der Waals surface area (Å²) in [6, 6.07) is 7.69. The van der Waals surface area contributed by atoms with Crippen molar-refractivity contribution in [2.45, 2.75) is 42.7 Å². The van der Waals surface area contributed by atoms with E-state index in [1.54, 1.807) is 18.2 Å². The third-order valence-electron chi connectivity index (χ3n) is 4.15. The summed E-state index contributed by atoms with van der Waals surface area (Å²) in [5.41, 5.74) is 0. The van der Waals surface area contributed by atoms with E-state index in [9.17, 15) is 9.18 Å². The highest BCUT2D eigenvalue weighted by atomic mass is 32.2. The van der Waals surface area contributed by atoms with E-state index >= 15 is 0 Å². The molecule has 0 aromatic heterocycles. The summed E-state index contributed by atoms with van der Waals surface area (Å²) in [7, 11) is 0. The van der Waals surface area contributed by atoms with Crippen LogP contribution in [0.4, 0.5) is 4.39 Å². The molecule has 0 spiro atoms. The molecule has 0 radical (unpaired) electrons. The summed E-state index contributed by atoms with van der Waals surface area (Å²) in [4.78, 5) is 15.0. The number of likely N-dealkylation sites (tertiary alicyclic amines) is 1. The molecule has 0 bridgehead atoms. The van der Waals surface area contributed by atoms with Gasteiger partial charge in [-0.2, -0.15) is 0 Å². The first kappa shape index (κ1) is 14.9. The van der Waals surface area contributed by atoms with Crippen LogP contribution in [-0.2, 0) is 4.79 Å². The minimum Gasteiger partial charge on any atom is -0.353 e. The lowest BCUT2D eigenvalue weighted by atomic mass is 10.1. The Labute approximate surface area is 129 Å². The molecule has 1 amide bonds. The molecule has 1 aliphatic heterocycles. The molecule has 1 aromatic rings. The summed E-state index contributed by atoms with van der Waals surface area (Å²) < 4.78 is 13.5. The van der Waals surface area contributed by atoms with Crippen LogP contribution in [0.25, 0.3) is 0 Å². The predicted octanol–water partition coefficient (Wildman–Crippen LogP) is 2.66. The number of hydrogen-bond acceptors (Lipinski definition) is 3. The molecule has 1 saturated carbocycles. The van der Waals surface area contributed by atoms with Crippen LogP contribution >= 0.6 is 11.8 Å². The van der Waals surface area contributed by atoms with Crippen molar-refractivity contribution in [1.82, 2.24) is 10.2 Å². The molecule has 1 aromatic carbocycles. The first-order valence-electron chi connectivity index (χ1n) is 7.63. The average molecular weight is 308 g/mol. The number of halogens is 1. The lowest BCUT2D eigenvalue weighted by Crippen LogP contribution is -2.45. The average Bonchev–Trinajstić information content (AvgIpc) is 3.32. The normalized spacial score (nSPS) is 20.4. The van der Waals surface area contributed by atoms with Gasteiger partial charge >= 0.3 is 0 Å². The number of piperidine rings is 1. The maximum atomic E-state index is 13.5. The van der Waals surface area contributed by atoms with Gasteiger partial charge in [-0.05, 0) is 37.8 Å². The Morgan fingerprint density at radius 2 is 1.95 bits per heavy atom. The number of rotatable bonds is 5. The largest absolute Gasteiger partial charge is 0.353 e. The highest BCUT2D eigenvalue weighted by Crippen LogP contribution is 2.29. The van der Waals surface area contributed by atoms with E-state index in [-0.39, 0.29) is 23.5 Å². The summed E-state index contributed by atoms with van der Waals surface area (Å²) in [6.07, 6.45) is 4.76. The van der Waals surface area contributed by atoms with Crippen molar-refractivity contribution in [3.8, 4) is 0 Å². The molecule has 1 N–H and O–H groups in total. The zero-order valence-electron chi connectivity index (χ0n) is 12.1. The van der Waals surface area contributed by atoms with Crippen molar-refractivity contribution in [3.05, 3.63) is 30.1 Å². The van der Waals surface area contributed by atoms with Crippen LogP contribution in [0.2, 0.25) is 0 Å². The van der Waals surface area contributed by atoms with Gasteiger partial charge in [0.05, 0.1) is 5.75 Å². The standard InChI is InChI=1S/C16H21FN2OS/c17-14-3-1-2-4-15(14)21-11-16(20)18-12-7-9-19(10-8-12)13-5-6-13/h1-4,12-13H,5-11H2,(H,18,20). The number of carbonyl (C=O) groups is 1. The van der Waals surface area contributed by atoms with Crippen LogP contribution in [-0.4, -0.2) is 41.7 Å². The van der Waals surface area contributed by atoms with Gasteiger partial charge < -0.3 is 10.2 Å². The summed E-state index contributed by atoms with van der Waals surface area (Å²) in [5, 5.41) is 3.08. The lowest BCUT2D eigenvalue weighted by Gasteiger charge is -2.32. The van der Waals surface area contributed by atoms with Gasteiger partial charge in [0.25, 0.3) is 0 Å². The maximum Gasteiger partial charge on any atom is 0.230 e. The van der Waals surface area contributed by atoms with Crippen LogP contribution in [0.15, 0.2) is 29.2 Å². The van der Waals surface area contributed by atoms with Crippen molar-refractivity contribution in [3.63, 3.8) is 0 Å². The molecular formula is C16H21FN2OS.